The van der Waals surface area contributed by atoms with Crippen molar-refractivity contribution in [3.63, 3.8) is 0 Å². The van der Waals surface area contributed by atoms with Gasteiger partial charge in [0.15, 0.2) is 0 Å². The molecule has 136 valence electrons. The van der Waals surface area contributed by atoms with Gasteiger partial charge in [-0.15, -0.1) is 0 Å². The molecule has 1 atom stereocenters. The normalized spacial score (nSPS) is 11.7. The van der Waals surface area contributed by atoms with Crippen LogP contribution in [0.1, 0.15) is 47.7 Å². The summed E-state index contributed by atoms with van der Waals surface area (Å²) in [6.45, 7) is 5.57. The number of non-ortho nitro benzene ring substituents is 1. The monoisotopic (exact) mass is 357 g/mol. The summed E-state index contributed by atoms with van der Waals surface area (Å²) in [4.78, 5) is 33.1. The first-order valence-electron chi connectivity index (χ1n) is 8.09. The SMILES string of the molecule is CCC(C)c1ccc(NC(=O)c2cc([N+](=O)[O-])cc([N+](=O)[O-])c2C)cc1. The number of carbonyl (C=O) groups is 1. The van der Waals surface area contributed by atoms with Crippen LogP contribution in [-0.4, -0.2) is 15.8 Å². The Bertz CT molecular complexity index is 862. The molecule has 0 heterocycles. The lowest BCUT2D eigenvalue weighted by atomic mass is 9.98. The Kier molecular flexibility index (Phi) is 5.66. The van der Waals surface area contributed by atoms with Crippen LogP contribution in [0.5, 0.6) is 0 Å². The Morgan fingerprint density at radius 2 is 1.73 bits per heavy atom. The fraction of sp³-hybridized carbons (Fsp3) is 0.278. The number of anilines is 1. The molecule has 8 nitrogen and oxygen atoms in total. The van der Waals surface area contributed by atoms with E-state index in [0.717, 1.165) is 24.1 Å². The van der Waals surface area contributed by atoms with E-state index in [9.17, 15) is 25.0 Å². The Morgan fingerprint density at radius 1 is 1.12 bits per heavy atom. The summed E-state index contributed by atoms with van der Waals surface area (Å²) in [5.74, 6) is -0.244. The molecule has 2 aromatic carbocycles. The van der Waals surface area contributed by atoms with E-state index < -0.39 is 27.1 Å². The second-order valence-corrected chi connectivity index (χ2v) is 6.04. The van der Waals surface area contributed by atoms with Gasteiger partial charge in [-0.05, 0) is 37.0 Å². The van der Waals surface area contributed by atoms with Gasteiger partial charge >= 0.3 is 0 Å². The first-order chi connectivity index (χ1) is 12.2. The number of nitro groups is 2. The fourth-order valence-electron chi connectivity index (χ4n) is 2.54. The van der Waals surface area contributed by atoms with E-state index in [1.807, 2.05) is 12.1 Å². The number of carbonyl (C=O) groups excluding carboxylic acids is 1. The summed E-state index contributed by atoms with van der Waals surface area (Å²) in [5, 5.41) is 24.7. The maximum absolute atomic E-state index is 12.5. The van der Waals surface area contributed by atoms with E-state index in [-0.39, 0.29) is 11.1 Å². The van der Waals surface area contributed by atoms with Crippen LogP contribution >= 0.6 is 0 Å². The van der Waals surface area contributed by atoms with Gasteiger partial charge < -0.3 is 5.32 Å². The third-order valence-corrected chi connectivity index (χ3v) is 4.37. The summed E-state index contributed by atoms with van der Waals surface area (Å²) in [7, 11) is 0. The molecule has 0 bridgehead atoms. The number of hydrogen-bond acceptors (Lipinski definition) is 5. The number of rotatable bonds is 6. The van der Waals surface area contributed by atoms with Crippen LogP contribution in [0.25, 0.3) is 0 Å². The largest absolute Gasteiger partial charge is 0.322 e. The quantitative estimate of drug-likeness (QED) is 0.600. The van der Waals surface area contributed by atoms with Crippen molar-refractivity contribution in [1.82, 2.24) is 0 Å². The Labute approximate surface area is 150 Å². The van der Waals surface area contributed by atoms with Crippen molar-refractivity contribution in [1.29, 1.82) is 0 Å². The Balaban J connectivity index is 2.34. The van der Waals surface area contributed by atoms with E-state index in [0.29, 0.717) is 11.6 Å². The second-order valence-electron chi connectivity index (χ2n) is 6.04. The molecular formula is C18H19N3O5. The first kappa shape index (κ1) is 19.0. The lowest BCUT2D eigenvalue weighted by molar-refractivity contribution is -0.394. The highest BCUT2D eigenvalue weighted by molar-refractivity contribution is 6.06. The maximum Gasteiger partial charge on any atom is 0.279 e. The third-order valence-electron chi connectivity index (χ3n) is 4.37. The minimum atomic E-state index is -0.760. The van der Waals surface area contributed by atoms with Gasteiger partial charge in [0.1, 0.15) is 0 Å². The van der Waals surface area contributed by atoms with Crippen LogP contribution in [0.3, 0.4) is 0 Å². The van der Waals surface area contributed by atoms with Gasteiger partial charge in [0.05, 0.1) is 21.5 Å². The number of hydrogen-bond donors (Lipinski definition) is 1. The summed E-state index contributed by atoms with van der Waals surface area (Å²) in [6, 6.07) is 9.16. The molecule has 0 radical (unpaired) electrons. The van der Waals surface area contributed by atoms with E-state index in [4.69, 9.17) is 0 Å². The predicted octanol–water partition coefficient (Wildman–Crippen LogP) is 4.58. The Hall–Kier alpha value is -3.29. The summed E-state index contributed by atoms with van der Waals surface area (Å²) >= 11 is 0. The van der Waals surface area contributed by atoms with Crippen LogP contribution in [0.2, 0.25) is 0 Å². The van der Waals surface area contributed by atoms with Crippen molar-refractivity contribution in [3.8, 4) is 0 Å². The van der Waals surface area contributed by atoms with Gasteiger partial charge in [-0.25, -0.2) is 0 Å². The number of benzene rings is 2. The topological polar surface area (TPSA) is 115 Å². The second kappa shape index (κ2) is 7.73. The molecule has 1 amide bonds. The zero-order valence-electron chi connectivity index (χ0n) is 14.7. The van der Waals surface area contributed by atoms with E-state index in [2.05, 4.69) is 19.2 Å². The highest BCUT2D eigenvalue weighted by atomic mass is 16.6. The summed E-state index contributed by atoms with van der Waals surface area (Å²) in [5.41, 5.74) is 0.658. The average Bonchev–Trinajstić information content (AvgIpc) is 2.61. The molecule has 8 heteroatoms. The van der Waals surface area contributed by atoms with Gasteiger partial charge in [-0.1, -0.05) is 26.0 Å². The van der Waals surface area contributed by atoms with Crippen LogP contribution in [0.4, 0.5) is 17.1 Å². The molecule has 1 unspecified atom stereocenters. The number of nitrogens with one attached hydrogen (secondary N) is 1. The van der Waals surface area contributed by atoms with Gasteiger partial charge in [-0.2, -0.15) is 0 Å². The molecule has 2 aromatic rings. The van der Waals surface area contributed by atoms with Crippen LogP contribution < -0.4 is 5.32 Å². The van der Waals surface area contributed by atoms with Crippen molar-refractivity contribution >= 4 is 23.0 Å². The summed E-state index contributed by atoms with van der Waals surface area (Å²) < 4.78 is 0. The van der Waals surface area contributed by atoms with E-state index in [1.165, 1.54) is 6.92 Å². The minimum Gasteiger partial charge on any atom is -0.322 e. The average molecular weight is 357 g/mol. The van der Waals surface area contributed by atoms with E-state index >= 15 is 0 Å². The lowest BCUT2D eigenvalue weighted by Gasteiger charge is -2.11. The molecule has 0 saturated carbocycles. The van der Waals surface area contributed by atoms with Crippen molar-refractivity contribution in [2.24, 2.45) is 0 Å². The molecule has 0 saturated heterocycles. The standard InChI is InChI=1S/C18H19N3O5/c1-4-11(2)13-5-7-14(8-6-13)19-18(22)16-9-15(20(23)24)10-17(12(16)3)21(25)26/h5-11H,4H2,1-3H3,(H,19,22). The van der Waals surface area contributed by atoms with Gasteiger partial charge in [-0.3, -0.25) is 25.0 Å². The molecule has 0 spiro atoms. The molecule has 0 aliphatic heterocycles. The molecular weight excluding hydrogens is 338 g/mol. The van der Waals surface area contributed by atoms with Crippen LogP contribution in [-0.2, 0) is 0 Å². The van der Waals surface area contributed by atoms with E-state index in [1.54, 1.807) is 12.1 Å². The third kappa shape index (κ3) is 4.02. The fourth-order valence-corrected chi connectivity index (χ4v) is 2.54. The predicted molar refractivity (Wildman–Crippen MR) is 97.6 cm³/mol. The minimum absolute atomic E-state index is 0.0781. The first-order valence-corrected chi connectivity index (χ1v) is 8.09. The molecule has 26 heavy (non-hydrogen) atoms. The molecule has 0 aliphatic rings. The van der Waals surface area contributed by atoms with Crippen molar-refractivity contribution in [2.75, 3.05) is 5.32 Å². The molecule has 0 aromatic heterocycles. The number of amides is 1. The maximum atomic E-state index is 12.5. The summed E-state index contributed by atoms with van der Waals surface area (Å²) in [6.07, 6.45) is 0.988. The van der Waals surface area contributed by atoms with Crippen molar-refractivity contribution in [3.05, 3.63) is 73.3 Å². The van der Waals surface area contributed by atoms with Crippen LogP contribution in [0.15, 0.2) is 36.4 Å². The smallest absolute Gasteiger partial charge is 0.279 e. The van der Waals surface area contributed by atoms with Crippen molar-refractivity contribution < 1.29 is 14.6 Å². The number of nitrogens with zero attached hydrogens (tertiary/aromatic N) is 2. The zero-order chi connectivity index (χ0) is 19.4. The highest BCUT2D eigenvalue weighted by Gasteiger charge is 2.24. The molecule has 0 aliphatic carbocycles. The Morgan fingerprint density at radius 3 is 2.23 bits per heavy atom. The molecule has 1 N–H and O–H groups in total. The van der Waals surface area contributed by atoms with Gasteiger partial charge in [0, 0.05) is 17.3 Å². The molecule has 0 fully saturated rings. The molecule has 2 rings (SSSR count). The van der Waals surface area contributed by atoms with Gasteiger partial charge in [0.2, 0.25) is 0 Å². The van der Waals surface area contributed by atoms with Crippen LogP contribution in [0, 0.1) is 27.2 Å². The van der Waals surface area contributed by atoms with Crippen molar-refractivity contribution in [2.45, 2.75) is 33.1 Å². The lowest BCUT2D eigenvalue weighted by Crippen LogP contribution is -2.14. The number of nitro benzene ring substituents is 2. The zero-order valence-corrected chi connectivity index (χ0v) is 14.7. The highest BCUT2D eigenvalue weighted by Crippen LogP contribution is 2.29. The van der Waals surface area contributed by atoms with Gasteiger partial charge in [0.25, 0.3) is 17.3 Å².